The molecule has 8 nitrogen and oxygen atoms in total. The van der Waals surface area contributed by atoms with E-state index in [1.165, 1.54) is 4.90 Å². The van der Waals surface area contributed by atoms with Gasteiger partial charge in [0.1, 0.15) is 6.04 Å². The predicted octanol–water partition coefficient (Wildman–Crippen LogP) is 1.37. The Morgan fingerprint density at radius 1 is 1.07 bits per heavy atom. The number of likely N-dealkylation sites (N-methyl/N-ethyl adjacent to an activating group) is 1. The van der Waals surface area contributed by atoms with Gasteiger partial charge in [-0.25, -0.2) is 5.06 Å². The maximum Gasteiger partial charge on any atom is 0.244 e. The van der Waals surface area contributed by atoms with Crippen molar-refractivity contribution >= 4 is 30.6 Å². The van der Waals surface area contributed by atoms with Crippen LogP contribution >= 0.6 is 12.4 Å². The van der Waals surface area contributed by atoms with Gasteiger partial charge in [-0.1, -0.05) is 19.8 Å². The van der Waals surface area contributed by atoms with Crippen molar-refractivity contribution in [3.8, 4) is 0 Å². The van der Waals surface area contributed by atoms with Crippen LogP contribution < -0.4 is 5.32 Å². The second-order valence-electron chi connectivity index (χ2n) is 7.16. The van der Waals surface area contributed by atoms with E-state index in [9.17, 15) is 19.6 Å². The van der Waals surface area contributed by atoms with Gasteiger partial charge in [0.25, 0.3) is 0 Å². The van der Waals surface area contributed by atoms with Crippen LogP contribution in [0, 0.1) is 5.92 Å². The minimum atomic E-state index is -0.591. The van der Waals surface area contributed by atoms with E-state index in [4.69, 9.17) is 0 Å². The van der Waals surface area contributed by atoms with Crippen LogP contribution in [0.2, 0.25) is 0 Å². The summed E-state index contributed by atoms with van der Waals surface area (Å²) < 4.78 is 0. The van der Waals surface area contributed by atoms with Crippen LogP contribution in [0.1, 0.15) is 45.4 Å². The van der Waals surface area contributed by atoms with Crippen molar-refractivity contribution in [2.75, 3.05) is 41.3 Å². The first kappa shape index (κ1) is 27.8. The van der Waals surface area contributed by atoms with Crippen molar-refractivity contribution in [1.29, 1.82) is 0 Å². The second-order valence-corrected chi connectivity index (χ2v) is 7.16. The van der Waals surface area contributed by atoms with Crippen LogP contribution in [-0.2, 0) is 14.4 Å². The van der Waals surface area contributed by atoms with Crippen molar-refractivity contribution in [2.24, 2.45) is 5.92 Å². The molecule has 0 fully saturated rings. The third-order valence-corrected chi connectivity index (χ3v) is 4.21. The Balaban J connectivity index is 0. The van der Waals surface area contributed by atoms with E-state index >= 15 is 0 Å². The molecular formula is C18H37ClN4O4. The Hall–Kier alpha value is -1.38. The Morgan fingerprint density at radius 2 is 1.70 bits per heavy atom. The fourth-order valence-corrected chi connectivity index (χ4v) is 2.66. The molecule has 2 N–H and O–H groups in total. The molecule has 0 unspecified atom stereocenters. The maximum atomic E-state index is 12.6. The number of hydroxylamine groups is 2. The third kappa shape index (κ3) is 12.6. The minimum Gasteiger partial charge on any atom is -0.347 e. The van der Waals surface area contributed by atoms with E-state index in [1.807, 2.05) is 21.0 Å². The van der Waals surface area contributed by atoms with E-state index in [1.54, 1.807) is 14.1 Å². The minimum absolute atomic E-state index is 0. The SMILES string of the molecule is CCCC[C@@H](CN(O)C=O)C(=O)N[C@@H](CCCCN(C)C)C(=O)N(C)C.Cl. The van der Waals surface area contributed by atoms with Crippen LogP contribution in [0.3, 0.4) is 0 Å². The van der Waals surface area contributed by atoms with Gasteiger partial charge >= 0.3 is 0 Å². The number of hydrogen-bond donors (Lipinski definition) is 2. The molecule has 0 aliphatic rings. The first-order valence-electron chi connectivity index (χ1n) is 9.29. The molecule has 0 radical (unpaired) electrons. The Bertz CT molecular complexity index is 436. The number of nitrogens with one attached hydrogen (secondary N) is 1. The zero-order valence-corrected chi connectivity index (χ0v) is 18.1. The Morgan fingerprint density at radius 3 is 2.19 bits per heavy atom. The van der Waals surface area contributed by atoms with Gasteiger partial charge < -0.3 is 15.1 Å². The molecule has 0 heterocycles. The number of carbonyl (C=O) groups is 3. The quantitative estimate of drug-likeness (QED) is 0.196. The number of halogens is 1. The van der Waals surface area contributed by atoms with Gasteiger partial charge in [0.05, 0.1) is 12.5 Å². The molecule has 160 valence electrons. The number of hydrogen-bond acceptors (Lipinski definition) is 5. The molecule has 0 aromatic heterocycles. The molecule has 0 aromatic rings. The van der Waals surface area contributed by atoms with E-state index < -0.39 is 12.0 Å². The normalized spacial score (nSPS) is 12.7. The lowest BCUT2D eigenvalue weighted by atomic mass is 9.99. The van der Waals surface area contributed by atoms with E-state index in [2.05, 4.69) is 10.2 Å². The average Bonchev–Trinajstić information content (AvgIpc) is 2.59. The van der Waals surface area contributed by atoms with E-state index in [0.717, 1.165) is 32.2 Å². The van der Waals surface area contributed by atoms with E-state index in [0.29, 0.717) is 17.9 Å². The lowest BCUT2D eigenvalue weighted by Gasteiger charge is -2.25. The summed E-state index contributed by atoms with van der Waals surface area (Å²) in [4.78, 5) is 39.3. The van der Waals surface area contributed by atoms with Gasteiger partial charge in [-0.15, -0.1) is 12.4 Å². The van der Waals surface area contributed by atoms with Crippen LogP contribution in [0.15, 0.2) is 0 Å². The van der Waals surface area contributed by atoms with Crippen molar-refractivity contribution in [3.05, 3.63) is 0 Å². The summed E-state index contributed by atoms with van der Waals surface area (Å²) in [5.41, 5.74) is 0. The van der Waals surface area contributed by atoms with E-state index in [-0.39, 0.29) is 37.2 Å². The summed E-state index contributed by atoms with van der Waals surface area (Å²) in [5, 5.41) is 12.8. The lowest BCUT2D eigenvalue weighted by Crippen LogP contribution is -2.49. The molecule has 0 aliphatic heterocycles. The highest BCUT2D eigenvalue weighted by molar-refractivity contribution is 5.88. The second kappa shape index (κ2) is 15.7. The summed E-state index contributed by atoms with van der Waals surface area (Å²) in [6, 6.07) is -0.591. The highest BCUT2D eigenvalue weighted by Gasteiger charge is 2.27. The van der Waals surface area contributed by atoms with Gasteiger partial charge in [0.15, 0.2) is 0 Å². The average molecular weight is 409 g/mol. The van der Waals surface area contributed by atoms with Crippen LogP contribution in [-0.4, -0.2) is 85.6 Å². The molecule has 0 spiro atoms. The maximum absolute atomic E-state index is 12.6. The summed E-state index contributed by atoms with van der Waals surface area (Å²) in [5.74, 6) is -0.981. The lowest BCUT2D eigenvalue weighted by molar-refractivity contribution is -0.155. The highest BCUT2D eigenvalue weighted by atomic mass is 35.5. The van der Waals surface area contributed by atoms with Crippen LogP contribution in [0.25, 0.3) is 0 Å². The van der Waals surface area contributed by atoms with Crippen molar-refractivity contribution < 1.29 is 19.6 Å². The number of unbranched alkanes of at least 4 members (excludes halogenated alkanes) is 2. The molecule has 0 bridgehead atoms. The molecule has 2 atom stereocenters. The highest BCUT2D eigenvalue weighted by Crippen LogP contribution is 2.12. The number of carbonyl (C=O) groups excluding carboxylic acids is 3. The van der Waals surface area contributed by atoms with Gasteiger partial charge in [-0.2, -0.15) is 0 Å². The fourth-order valence-electron chi connectivity index (χ4n) is 2.66. The van der Waals surface area contributed by atoms with Crippen molar-refractivity contribution in [1.82, 2.24) is 20.2 Å². The molecule has 0 aromatic carbocycles. The standard InChI is InChI=1S/C18H36N4O4.ClH/c1-6-7-10-15(13-22(26)14-23)17(24)19-16(18(25)21(4)5)11-8-9-12-20(2)3;/h14-16,26H,6-13H2,1-5H3,(H,19,24);1H/t15-,16-;/m0./s1. The summed E-state index contributed by atoms with van der Waals surface area (Å²) in [6.07, 6.45) is 4.87. The molecule has 3 amide bonds. The van der Waals surface area contributed by atoms with Crippen LogP contribution in [0.5, 0.6) is 0 Å². The first-order chi connectivity index (χ1) is 12.2. The monoisotopic (exact) mass is 408 g/mol. The summed E-state index contributed by atoms with van der Waals surface area (Å²) >= 11 is 0. The zero-order valence-electron chi connectivity index (χ0n) is 17.3. The topological polar surface area (TPSA) is 93.2 Å². The fraction of sp³-hybridized carbons (Fsp3) is 0.833. The molecule has 9 heteroatoms. The van der Waals surface area contributed by atoms with Crippen LogP contribution in [0.4, 0.5) is 0 Å². The van der Waals surface area contributed by atoms with Gasteiger partial charge in [0.2, 0.25) is 18.2 Å². The van der Waals surface area contributed by atoms with Gasteiger partial charge in [-0.05, 0) is 46.3 Å². The predicted molar refractivity (Wildman–Crippen MR) is 108 cm³/mol. The largest absolute Gasteiger partial charge is 0.347 e. The Labute approximate surface area is 169 Å². The van der Waals surface area contributed by atoms with Crippen molar-refractivity contribution in [2.45, 2.75) is 51.5 Å². The summed E-state index contributed by atoms with van der Waals surface area (Å²) in [6.45, 7) is 2.86. The molecule has 0 aliphatic carbocycles. The third-order valence-electron chi connectivity index (χ3n) is 4.21. The zero-order chi connectivity index (χ0) is 20.1. The number of rotatable bonds is 14. The Kier molecular flexibility index (Phi) is 16.1. The van der Waals surface area contributed by atoms with Crippen molar-refractivity contribution in [3.63, 3.8) is 0 Å². The molecule has 0 rings (SSSR count). The summed E-state index contributed by atoms with van der Waals surface area (Å²) in [7, 11) is 7.32. The number of amides is 3. The smallest absolute Gasteiger partial charge is 0.244 e. The molecule has 0 saturated carbocycles. The van der Waals surface area contributed by atoms with Gasteiger partial charge in [-0.3, -0.25) is 19.6 Å². The van der Waals surface area contributed by atoms with Gasteiger partial charge in [0, 0.05) is 14.1 Å². The molecular weight excluding hydrogens is 372 g/mol. The molecule has 0 saturated heterocycles. The first-order valence-corrected chi connectivity index (χ1v) is 9.29. The molecule has 27 heavy (non-hydrogen) atoms. The number of nitrogens with zero attached hydrogens (tertiary/aromatic N) is 3.